The van der Waals surface area contributed by atoms with Crippen LogP contribution in [0.4, 0.5) is 0 Å². The fourth-order valence-corrected chi connectivity index (χ4v) is 4.78. The Morgan fingerprint density at radius 2 is 2.19 bits per heavy atom. The molecule has 2 heterocycles. The number of carbonyl (C=O) groups excluding carboxylic acids is 1. The maximum atomic E-state index is 12.6. The number of nitrogens with one attached hydrogen (secondary N) is 1. The summed E-state index contributed by atoms with van der Waals surface area (Å²) in [5.41, 5.74) is 1.68. The number of nitrogens with zero attached hydrogens (tertiary/aromatic N) is 1. The standard InChI is InChI=1S/C18H17ClN2O4S/c1-10-5-12-6-13(7-16(19)17(12)25-10)26(23,24)21-18(22)15-8-14(15)11-3-2-4-20-9-11/h2-4,6-7,9-10,14-15H,5,8H2,1H3,(H,21,22)/t10-,14-,15-/m1/s1. The van der Waals surface area contributed by atoms with Crippen molar-refractivity contribution in [1.29, 1.82) is 0 Å². The van der Waals surface area contributed by atoms with E-state index in [4.69, 9.17) is 16.3 Å². The van der Waals surface area contributed by atoms with Gasteiger partial charge in [0.1, 0.15) is 11.9 Å². The van der Waals surface area contributed by atoms with E-state index in [2.05, 4.69) is 9.71 Å². The van der Waals surface area contributed by atoms with Crippen LogP contribution >= 0.6 is 11.6 Å². The summed E-state index contributed by atoms with van der Waals surface area (Å²) in [4.78, 5) is 16.4. The lowest BCUT2D eigenvalue weighted by atomic mass is 10.1. The molecule has 26 heavy (non-hydrogen) atoms. The summed E-state index contributed by atoms with van der Waals surface area (Å²) in [5, 5.41) is 0.235. The zero-order chi connectivity index (χ0) is 18.5. The SMILES string of the molecule is C[C@@H]1Cc2cc(S(=O)(=O)NC(=O)[C@@H]3C[C@@H]3c3cccnc3)cc(Cl)c2O1. The van der Waals surface area contributed by atoms with Gasteiger partial charge < -0.3 is 4.74 Å². The summed E-state index contributed by atoms with van der Waals surface area (Å²) < 4.78 is 33.0. The molecule has 0 unspecified atom stereocenters. The summed E-state index contributed by atoms with van der Waals surface area (Å²) in [6.45, 7) is 1.89. The average Bonchev–Trinajstić information content (AvgIpc) is 3.31. The van der Waals surface area contributed by atoms with Crippen molar-refractivity contribution in [2.75, 3.05) is 0 Å². The molecule has 0 spiro atoms. The van der Waals surface area contributed by atoms with Gasteiger partial charge in [-0.15, -0.1) is 0 Å². The number of amides is 1. The van der Waals surface area contributed by atoms with Gasteiger partial charge in [0.15, 0.2) is 0 Å². The number of sulfonamides is 1. The van der Waals surface area contributed by atoms with Crippen LogP contribution in [-0.2, 0) is 21.2 Å². The molecular formula is C18H17ClN2O4S. The predicted molar refractivity (Wildman–Crippen MR) is 95.7 cm³/mol. The maximum Gasteiger partial charge on any atom is 0.264 e. The van der Waals surface area contributed by atoms with E-state index < -0.39 is 15.9 Å². The van der Waals surface area contributed by atoms with Crippen LogP contribution in [0.25, 0.3) is 0 Å². The van der Waals surface area contributed by atoms with E-state index in [1.807, 2.05) is 13.0 Å². The second-order valence-corrected chi connectivity index (χ2v) is 8.82. The Kier molecular flexibility index (Phi) is 4.16. The van der Waals surface area contributed by atoms with Crippen LogP contribution in [0.3, 0.4) is 0 Å². The van der Waals surface area contributed by atoms with Gasteiger partial charge >= 0.3 is 0 Å². The Labute approximate surface area is 156 Å². The van der Waals surface area contributed by atoms with Crippen molar-refractivity contribution in [2.24, 2.45) is 5.92 Å². The van der Waals surface area contributed by atoms with Crippen molar-refractivity contribution >= 4 is 27.5 Å². The van der Waals surface area contributed by atoms with Crippen LogP contribution in [0.15, 0.2) is 41.6 Å². The van der Waals surface area contributed by atoms with Gasteiger partial charge in [-0.2, -0.15) is 0 Å². The van der Waals surface area contributed by atoms with Gasteiger partial charge in [0.25, 0.3) is 10.0 Å². The van der Waals surface area contributed by atoms with Crippen LogP contribution < -0.4 is 9.46 Å². The Morgan fingerprint density at radius 1 is 1.38 bits per heavy atom. The number of ether oxygens (including phenoxy) is 1. The fraction of sp³-hybridized carbons (Fsp3) is 0.333. The first-order valence-electron chi connectivity index (χ1n) is 8.31. The number of hydrogen-bond donors (Lipinski definition) is 1. The summed E-state index contributed by atoms with van der Waals surface area (Å²) in [7, 11) is -3.99. The molecule has 4 rings (SSSR count). The van der Waals surface area contributed by atoms with Crippen LogP contribution in [0, 0.1) is 5.92 Å². The molecule has 1 N–H and O–H groups in total. The first-order valence-corrected chi connectivity index (χ1v) is 10.2. The Morgan fingerprint density at radius 3 is 2.92 bits per heavy atom. The highest BCUT2D eigenvalue weighted by Gasteiger charge is 2.45. The van der Waals surface area contributed by atoms with E-state index in [1.165, 1.54) is 12.1 Å². The predicted octanol–water partition coefficient (Wildman–Crippen LogP) is 2.67. The van der Waals surface area contributed by atoms with E-state index in [0.29, 0.717) is 18.6 Å². The van der Waals surface area contributed by atoms with E-state index >= 15 is 0 Å². The van der Waals surface area contributed by atoms with Gasteiger partial charge in [-0.1, -0.05) is 17.7 Å². The number of fused-ring (bicyclic) bond motifs is 1. The first kappa shape index (κ1) is 17.3. The van der Waals surface area contributed by atoms with Crippen molar-refractivity contribution in [3.05, 3.63) is 52.8 Å². The van der Waals surface area contributed by atoms with E-state index in [-0.39, 0.29) is 27.9 Å². The van der Waals surface area contributed by atoms with Crippen molar-refractivity contribution in [2.45, 2.75) is 36.7 Å². The zero-order valence-corrected chi connectivity index (χ0v) is 15.5. The van der Waals surface area contributed by atoms with Crippen LogP contribution in [0.5, 0.6) is 5.75 Å². The summed E-state index contributed by atoms with van der Waals surface area (Å²) in [6, 6.07) is 6.53. The van der Waals surface area contributed by atoms with Gasteiger partial charge in [-0.3, -0.25) is 9.78 Å². The third kappa shape index (κ3) is 3.17. The molecule has 0 saturated heterocycles. The molecule has 1 aliphatic carbocycles. The molecule has 6 nitrogen and oxygen atoms in total. The van der Waals surface area contributed by atoms with Gasteiger partial charge in [0, 0.05) is 30.3 Å². The second kappa shape index (κ2) is 6.25. The van der Waals surface area contributed by atoms with Gasteiger partial charge in [0.2, 0.25) is 5.91 Å². The highest BCUT2D eigenvalue weighted by molar-refractivity contribution is 7.90. The molecular weight excluding hydrogens is 376 g/mol. The molecule has 2 aliphatic rings. The lowest BCUT2D eigenvalue weighted by Gasteiger charge is -2.10. The van der Waals surface area contributed by atoms with Gasteiger partial charge in [-0.25, -0.2) is 13.1 Å². The number of hydrogen-bond acceptors (Lipinski definition) is 5. The highest BCUT2D eigenvalue weighted by atomic mass is 35.5. The third-order valence-electron chi connectivity index (χ3n) is 4.71. The monoisotopic (exact) mass is 392 g/mol. The fourth-order valence-electron chi connectivity index (χ4n) is 3.33. The zero-order valence-electron chi connectivity index (χ0n) is 14.0. The quantitative estimate of drug-likeness (QED) is 0.864. The lowest BCUT2D eigenvalue weighted by molar-refractivity contribution is -0.120. The molecule has 1 amide bonds. The molecule has 0 bridgehead atoms. The summed E-state index contributed by atoms with van der Waals surface area (Å²) >= 11 is 6.15. The molecule has 0 radical (unpaired) electrons. The Balaban J connectivity index is 1.51. The molecule has 1 fully saturated rings. The minimum absolute atomic E-state index is 0.0109. The van der Waals surface area contributed by atoms with E-state index in [1.54, 1.807) is 18.5 Å². The number of halogens is 1. The van der Waals surface area contributed by atoms with Crippen molar-refractivity contribution in [3.8, 4) is 5.75 Å². The van der Waals surface area contributed by atoms with Crippen molar-refractivity contribution in [3.63, 3.8) is 0 Å². The number of aromatic nitrogens is 1. The number of rotatable bonds is 4. The molecule has 136 valence electrons. The minimum atomic E-state index is -3.99. The Hall–Kier alpha value is -2.12. The van der Waals surface area contributed by atoms with Crippen LogP contribution in [0.2, 0.25) is 5.02 Å². The number of benzene rings is 1. The highest BCUT2D eigenvalue weighted by Crippen LogP contribution is 2.47. The number of pyridine rings is 1. The minimum Gasteiger partial charge on any atom is -0.489 e. The smallest absolute Gasteiger partial charge is 0.264 e. The largest absolute Gasteiger partial charge is 0.489 e. The van der Waals surface area contributed by atoms with E-state index in [9.17, 15) is 13.2 Å². The van der Waals surface area contributed by atoms with Crippen molar-refractivity contribution in [1.82, 2.24) is 9.71 Å². The molecule has 1 saturated carbocycles. The van der Waals surface area contributed by atoms with Crippen molar-refractivity contribution < 1.29 is 17.9 Å². The van der Waals surface area contributed by atoms with Crippen LogP contribution in [0.1, 0.15) is 30.4 Å². The van der Waals surface area contributed by atoms with Gasteiger partial charge in [-0.05, 0) is 43.0 Å². The van der Waals surface area contributed by atoms with E-state index in [0.717, 1.165) is 11.1 Å². The van der Waals surface area contributed by atoms with Gasteiger partial charge in [0.05, 0.1) is 9.92 Å². The molecule has 3 atom stereocenters. The average molecular weight is 393 g/mol. The molecule has 8 heteroatoms. The number of carbonyl (C=O) groups is 1. The molecule has 2 aromatic rings. The first-order chi connectivity index (χ1) is 12.3. The molecule has 1 aliphatic heterocycles. The topological polar surface area (TPSA) is 85.4 Å². The Bertz CT molecular complexity index is 978. The molecule has 1 aromatic heterocycles. The second-order valence-electron chi connectivity index (χ2n) is 6.73. The lowest BCUT2D eigenvalue weighted by Crippen LogP contribution is -2.32. The summed E-state index contributed by atoms with van der Waals surface area (Å²) in [6.07, 6.45) is 4.50. The normalized spacial score (nSPS) is 23.8. The molecule has 1 aromatic carbocycles. The third-order valence-corrected chi connectivity index (χ3v) is 6.31. The van der Waals surface area contributed by atoms with Crippen LogP contribution in [-0.4, -0.2) is 25.4 Å². The summed E-state index contributed by atoms with van der Waals surface area (Å²) in [5.74, 6) is -0.331. The maximum absolute atomic E-state index is 12.6.